The zero-order valence-corrected chi connectivity index (χ0v) is 11.4. The first kappa shape index (κ1) is 13.8. The molecular formula is C13H24ClNO. The largest absolute Gasteiger partial charge is 0.356 e. The lowest BCUT2D eigenvalue weighted by molar-refractivity contribution is -0.123. The van der Waals surface area contributed by atoms with E-state index in [2.05, 4.69) is 26.1 Å². The molecule has 2 nitrogen and oxygen atoms in total. The molecule has 94 valence electrons. The van der Waals surface area contributed by atoms with Crippen molar-refractivity contribution in [1.82, 2.24) is 5.32 Å². The molecule has 1 aliphatic rings. The second kappa shape index (κ2) is 5.90. The van der Waals surface area contributed by atoms with E-state index in [1.165, 1.54) is 0 Å². The summed E-state index contributed by atoms with van der Waals surface area (Å²) < 4.78 is 0. The Morgan fingerprint density at radius 3 is 2.31 bits per heavy atom. The van der Waals surface area contributed by atoms with E-state index in [1.807, 2.05) is 0 Å². The van der Waals surface area contributed by atoms with Crippen LogP contribution in [0, 0.1) is 11.3 Å². The lowest BCUT2D eigenvalue weighted by Gasteiger charge is -2.25. The van der Waals surface area contributed by atoms with Gasteiger partial charge in [-0.25, -0.2) is 0 Å². The summed E-state index contributed by atoms with van der Waals surface area (Å²) in [4.78, 5) is 11.6. The maximum absolute atomic E-state index is 11.6. The fourth-order valence-corrected chi connectivity index (χ4v) is 2.38. The zero-order chi connectivity index (χ0) is 12.2. The van der Waals surface area contributed by atoms with Gasteiger partial charge in [0, 0.05) is 18.3 Å². The van der Waals surface area contributed by atoms with Crippen molar-refractivity contribution in [3.05, 3.63) is 0 Å². The lowest BCUT2D eigenvalue weighted by atomic mass is 9.88. The molecular weight excluding hydrogens is 222 g/mol. The van der Waals surface area contributed by atoms with Crippen LogP contribution in [0.2, 0.25) is 0 Å². The van der Waals surface area contributed by atoms with E-state index in [-0.39, 0.29) is 11.3 Å². The SMILES string of the molecule is CC(C)(C)CC(=O)NCC1CCC(Cl)CC1. The van der Waals surface area contributed by atoms with Gasteiger partial charge in [-0.05, 0) is 37.0 Å². The minimum Gasteiger partial charge on any atom is -0.356 e. The van der Waals surface area contributed by atoms with Gasteiger partial charge in [0.25, 0.3) is 0 Å². The molecule has 0 saturated heterocycles. The van der Waals surface area contributed by atoms with Crippen LogP contribution in [-0.2, 0) is 4.79 Å². The number of halogens is 1. The van der Waals surface area contributed by atoms with Gasteiger partial charge >= 0.3 is 0 Å². The Bertz CT molecular complexity index is 227. The van der Waals surface area contributed by atoms with E-state index in [0.29, 0.717) is 17.7 Å². The first-order valence-corrected chi connectivity index (χ1v) is 6.71. The lowest BCUT2D eigenvalue weighted by Crippen LogP contribution is -2.33. The van der Waals surface area contributed by atoms with Gasteiger partial charge in [-0.1, -0.05) is 20.8 Å². The molecule has 0 unspecified atom stereocenters. The van der Waals surface area contributed by atoms with Gasteiger partial charge in [0.05, 0.1) is 0 Å². The van der Waals surface area contributed by atoms with Crippen LogP contribution >= 0.6 is 11.6 Å². The fourth-order valence-electron chi connectivity index (χ4n) is 2.13. The van der Waals surface area contributed by atoms with Crippen molar-refractivity contribution < 1.29 is 4.79 Å². The first-order chi connectivity index (χ1) is 7.37. The van der Waals surface area contributed by atoms with Crippen molar-refractivity contribution in [2.24, 2.45) is 11.3 Å². The summed E-state index contributed by atoms with van der Waals surface area (Å²) in [6.07, 6.45) is 5.12. The molecule has 0 bridgehead atoms. The van der Waals surface area contributed by atoms with Crippen LogP contribution in [0.25, 0.3) is 0 Å². The Hall–Kier alpha value is -0.240. The van der Waals surface area contributed by atoms with E-state index >= 15 is 0 Å². The van der Waals surface area contributed by atoms with Gasteiger partial charge < -0.3 is 5.32 Å². The number of nitrogens with one attached hydrogen (secondary N) is 1. The first-order valence-electron chi connectivity index (χ1n) is 6.27. The molecule has 0 atom stereocenters. The normalized spacial score (nSPS) is 26.5. The number of rotatable bonds is 3. The summed E-state index contributed by atoms with van der Waals surface area (Å²) >= 11 is 6.04. The van der Waals surface area contributed by atoms with Crippen molar-refractivity contribution in [3.8, 4) is 0 Å². The molecule has 1 aliphatic carbocycles. The summed E-state index contributed by atoms with van der Waals surface area (Å²) in [7, 11) is 0. The molecule has 0 spiro atoms. The van der Waals surface area contributed by atoms with Gasteiger partial charge in [-0.15, -0.1) is 11.6 Å². The van der Waals surface area contributed by atoms with Crippen LogP contribution in [0.15, 0.2) is 0 Å². The Morgan fingerprint density at radius 1 is 1.25 bits per heavy atom. The topological polar surface area (TPSA) is 29.1 Å². The summed E-state index contributed by atoms with van der Waals surface area (Å²) in [6.45, 7) is 7.10. The number of carbonyl (C=O) groups is 1. The number of hydrogen-bond donors (Lipinski definition) is 1. The zero-order valence-electron chi connectivity index (χ0n) is 10.7. The molecule has 1 saturated carbocycles. The molecule has 16 heavy (non-hydrogen) atoms. The highest BCUT2D eigenvalue weighted by Crippen LogP contribution is 2.27. The molecule has 0 aromatic heterocycles. The molecule has 0 aliphatic heterocycles. The number of amides is 1. The van der Waals surface area contributed by atoms with E-state index in [0.717, 1.165) is 32.2 Å². The van der Waals surface area contributed by atoms with E-state index in [4.69, 9.17) is 11.6 Å². The van der Waals surface area contributed by atoms with Gasteiger partial charge in [-0.2, -0.15) is 0 Å². The van der Waals surface area contributed by atoms with Crippen LogP contribution in [0.3, 0.4) is 0 Å². The van der Waals surface area contributed by atoms with Gasteiger partial charge in [-0.3, -0.25) is 4.79 Å². The smallest absolute Gasteiger partial charge is 0.220 e. The Kier molecular flexibility index (Phi) is 5.10. The van der Waals surface area contributed by atoms with Crippen LogP contribution in [0.4, 0.5) is 0 Å². The van der Waals surface area contributed by atoms with Crippen LogP contribution in [0.5, 0.6) is 0 Å². The van der Waals surface area contributed by atoms with Crippen LogP contribution in [0.1, 0.15) is 52.9 Å². The van der Waals surface area contributed by atoms with Crippen LogP contribution < -0.4 is 5.32 Å². The summed E-state index contributed by atoms with van der Waals surface area (Å²) in [5, 5.41) is 3.40. The van der Waals surface area contributed by atoms with Crippen molar-refractivity contribution in [1.29, 1.82) is 0 Å². The third-order valence-electron chi connectivity index (χ3n) is 3.06. The van der Waals surface area contributed by atoms with Gasteiger partial charge in [0.2, 0.25) is 5.91 Å². The maximum atomic E-state index is 11.6. The Labute approximate surface area is 104 Å². The minimum atomic E-state index is 0.0812. The maximum Gasteiger partial charge on any atom is 0.220 e. The third-order valence-corrected chi connectivity index (χ3v) is 3.49. The quantitative estimate of drug-likeness (QED) is 0.760. The highest BCUT2D eigenvalue weighted by Gasteiger charge is 2.21. The van der Waals surface area contributed by atoms with Gasteiger partial charge in [0.1, 0.15) is 0 Å². The highest BCUT2D eigenvalue weighted by atomic mass is 35.5. The predicted octanol–water partition coefficient (Wildman–Crippen LogP) is 3.34. The molecule has 0 heterocycles. The third kappa shape index (κ3) is 5.74. The van der Waals surface area contributed by atoms with Crippen molar-refractivity contribution >= 4 is 17.5 Å². The van der Waals surface area contributed by atoms with Crippen molar-refractivity contribution in [3.63, 3.8) is 0 Å². The molecule has 0 aromatic rings. The number of hydrogen-bond acceptors (Lipinski definition) is 1. The number of carbonyl (C=O) groups excluding carboxylic acids is 1. The van der Waals surface area contributed by atoms with E-state index in [9.17, 15) is 4.79 Å². The van der Waals surface area contributed by atoms with E-state index < -0.39 is 0 Å². The average molecular weight is 246 g/mol. The summed E-state index contributed by atoms with van der Waals surface area (Å²) in [6, 6.07) is 0. The van der Waals surface area contributed by atoms with Crippen molar-refractivity contribution in [2.45, 2.75) is 58.3 Å². The minimum absolute atomic E-state index is 0.0812. The number of alkyl halides is 1. The predicted molar refractivity (Wildman–Crippen MR) is 68.7 cm³/mol. The van der Waals surface area contributed by atoms with Crippen LogP contribution in [-0.4, -0.2) is 17.8 Å². The molecule has 0 radical (unpaired) electrons. The molecule has 1 amide bonds. The molecule has 1 fully saturated rings. The average Bonchev–Trinajstić information content (AvgIpc) is 2.14. The standard InChI is InChI=1S/C13H24ClNO/c1-13(2,3)8-12(16)15-9-10-4-6-11(14)7-5-10/h10-11H,4-9H2,1-3H3,(H,15,16). The molecule has 3 heteroatoms. The van der Waals surface area contributed by atoms with Gasteiger partial charge in [0.15, 0.2) is 0 Å². The molecule has 0 aromatic carbocycles. The monoisotopic (exact) mass is 245 g/mol. The highest BCUT2D eigenvalue weighted by molar-refractivity contribution is 6.20. The summed E-state index contributed by atoms with van der Waals surface area (Å²) in [5.74, 6) is 0.819. The fraction of sp³-hybridized carbons (Fsp3) is 0.923. The summed E-state index contributed by atoms with van der Waals surface area (Å²) in [5.41, 5.74) is 0.0812. The second-order valence-electron chi connectivity index (χ2n) is 6.16. The van der Waals surface area contributed by atoms with E-state index in [1.54, 1.807) is 0 Å². The molecule has 1 rings (SSSR count). The molecule has 1 N–H and O–H groups in total. The second-order valence-corrected chi connectivity index (χ2v) is 6.78. The Morgan fingerprint density at radius 2 is 1.81 bits per heavy atom. The van der Waals surface area contributed by atoms with Crippen molar-refractivity contribution in [2.75, 3.05) is 6.54 Å². The Balaban J connectivity index is 2.17.